The van der Waals surface area contributed by atoms with Crippen molar-refractivity contribution < 1.29 is 4.79 Å². The molecule has 0 spiro atoms. The summed E-state index contributed by atoms with van der Waals surface area (Å²) < 4.78 is 0. The average Bonchev–Trinajstić information content (AvgIpc) is 3.00. The van der Waals surface area contributed by atoms with Gasteiger partial charge in [0, 0.05) is 55.9 Å². The number of amides is 1. The quantitative estimate of drug-likeness (QED) is 0.868. The van der Waals surface area contributed by atoms with Crippen molar-refractivity contribution in [1.29, 1.82) is 0 Å². The van der Waals surface area contributed by atoms with Crippen LogP contribution >= 0.6 is 11.3 Å². The van der Waals surface area contributed by atoms with Crippen molar-refractivity contribution in [2.45, 2.75) is 19.8 Å². The van der Waals surface area contributed by atoms with E-state index in [1.165, 1.54) is 4.88 Å². The minimum atomic E-state index is 0.142. The molecule has 0 aliphatic carbocycles. The number of hydrogen-bond donors (Lipinski definition) is 0. The monoisotopic (exact) mass is 330 g/mol. The summed E-state index contributed by atoms with van der Waals surface area (Å²) in [5.74, 6) is 0.384. The lowest BCUT2D eigenvalue weighted by Gasteiger charge is -2.34. The van der Waals surface area contributed by atoms with Gasteiger partial charge >= 0.3 is 0 Å². The Balaban J connectivity index is 1.78. The Bertz CT molecular complexity index is 689. The number of carbonyl (C=O) groups is 1. The molecule has 2 aromatic heterocycles. The van der Waals surface area contributed by atoms with E-state index in [-0.39, 0.29) is 11.8 Å². The number of nitrogens with zero attached hydrogens (tertiary/aromatic N) is 4. The number of aryl methyl sites for hydroxylation is 1. The van der Waals surface area contributed by atoms with Crippen molar-refractivity contribution in [2.24, 2.45) is 5.92 Å². The molecule has 1 fully saturated rings. The number of carbonyl (C=O) groups excluding carboxylic acids is 1. The second-order valence-electron chi connectivity index (χ2n) is 6.16. The second kappa shape index (κ2) is 6.66. The molecule has 0 bridgehead atoms. The van der Waals surface area contributed by atoms with Crippen LogP contribution in [0.4, 0.5) is 5.69 Å². The highest BCUT2D eigenvalue weighted by Gasteiger charge is 2.27. The van der Waals surface area contributed by atoms with Crippen LogP contribution in [0.25, 0.3) is 10.6 Å². The second-order valence-corrected chi connectivity index (χ2v) is 7.40. The molecule has 0 radical (unpaired) electrons. The summed E-state index contributed by atoms with van der Waals surface area (Å²) in [4.78, 5) is 26.2. The Labute approximate surface area is 141 Å². The standard InChI is InChI=1S/C17H22N4OS/c1-12-10-19-16(23-12)14-4-7-18-11-15(14)21-8-5-13(6-9-21)17(22)20(2)3/h4,7,10-11,13H,5-6,8-9H2,1-3H3. The maximum absolute atomic E-state index is 12.1. The molecule has 3 heterocycles. The number of rotatable bonds is 3. The highest BCUT2D eigenvalue weighted by atomic mass is 32.1. The molecule has 1 aliphatic rings. The average molecular weight is 330 g/mol. The summed E-state index contributed by atoms with van der Waals surface area (Å²) in [7, 11) is 3.66. The molecule has 23 heavy (non-hydrogen) atoms. The lowest BCUT2D eigenvalue weighted by Crippen LogP contribution is -2.40. The lowest BCUT2D eigenvalue weighted by atomic mass is 9.95. The van der Waals surface area contributed by atoms with Gasteiger partial charge < -0.3 is 9.80 Å². The van der Waals surface area contributed by atoms with E-state index in [2.05, 4.69) is 21.8 Å². The minimum absolute atomic E-state index is 0.142. The van der Waals surface area contributed by atoms with Gasteiger partial charge in [-0.3, -0.25) is 9.78 Å². The van der Waals surface area contributed by atoms with Crippen LogP contribution in [-0.2, 0) is 4.79 Å². The van der Waals surface area contributed by atoms with E-state index in [9.17, 15) is 4.79 Å². The lowest BCUT2D eigenvalue weighted by molar-refractivity contribution is -0.133. The van der Waals surface area contributed by atoms with Crippen molar-refractivity contribution in [3.63, 3.8) is 0 Å². The summed E-state index contributed by atoms with van der Waals surface area (Å²) in [6.07, 6.45) is 7.43. The van der Waals surface area contributed by atoms with Crippen LogP contribution in [0.3, 0.4) is 0 Å². The van der Waals surface area contributed by atoms with E-state index in [0.717, 1.165) is 42.2 Å². The summed E-state index contributed by atoms with van der Waals surface area (Å²) in [5.41, 5.74) is 2.26. The highest BCUT2D eigenvalue weighted by Crippen LogP contribution is 2.34. The minimum Gasteiger partial charge on any atom is -0.370 e. The fourth-order valence-electron chi connectivity index (χ4n) is 3.03. The predicted octanol–water partition coefficient (Wildman–Crippen LogP) is 2.82. The van der Waals surface area contributed by atoms with Crippen molar-refractivity contribution in [2.75, 3.05) is 32.1 Å². The Morgan fingerprint density at radius 3 is 2.65 bits per heavy atom. The van der Waals surface area contributed by atoms with Gasteiger partial charge in [-0.1, -0.05) is 0 Å². The van der Waals surface area contributed by atoms with Gasteiger partial charge in [-0.2, -0.15) is 0 Å². The third kappa shape index (κ3) is 3.37. The van der Waals surface area contributed by atoms with Crippen LogP contribution in [0, 0.1) is 12.8 Å². The van der Waals surface area contributed by atoms with E-state index in [0.29, 0.717) is 0 Å². The number of pyridine rings is 1. The van der Waals surface area contributed by atoms with Crippen LogP contribution in [0.2, 0.25) is 0 Å². The molecule has 0 N–H and O–H groups in total. The summed E-state index contributed by atoms with van der Waals surface area (Å²) in [5, 5.41) is 1.03. The van der Waals surface area contributed by atoms with E-state index < -0.39 is 0 Å². The van der Waals surface area contributed by atoms with E-state index in [1.807, 2.05) is 38.8 Å². The maximum atomic E-state index is 12.1. The first-order valence-corrected chi connectivity index (χ1v) is 8.71. The first-order chi connectivity index (χ1) is 11.1. The largest absolute Gasteiger partial charge is 0.370 e. The number of aromatic nitrogens is 2. The Hall–Kier alpha value is -1.95. The fraction of sp³-hybridized carbons (Fsp3) is 0.471. The molecule has 5 nitrogen and oxygen atoms in total. The SMILES string of the molecule is Cc1cnc(-c2ccncc2N2CCC(C(=O)N(C)C)CC2)s1. The van der Waals surface area contributed by atoms with Gasteiger partial charge in [0.05, 0.1) is 11.9 Å². The molecule has 122 valence electrons. The molecule has 0 atom stereocenters. The highest BCUT2D eigenvalue weighted by molar-refractivity contribution is 7.15. The molecule has 1 amide bonds. The molecule has 6 heteroatoms. The molecular weight excluding hydrogens is 308 g/mol. The summed E-state index contributed by atoms with van der Waals surface area (Å²) in [6, 6.07) is 2.03. The van der Waals surface area contributed by atoms with E-state index in [4.69, 9.17) is 0 Å². The third-order valence-corrected chi connectivity index (χ3v) is 5.22. The van der Waals surface area contributed by atoms with Gasteiger partial charge in [0.25, 0.3) is 0 Å². The fourth-order valence-corrected chi connectivity index (χ4v) is 3.83. The van der Waals surface area contributed by atoms with Crippen LogP contribution in [0.1, 0.15) is 17.7 Å². The summed E-state index contributed by atoms with van der Waals surface area (Å²) >= 11 is 1.70. The molecule has 2 aromatic rings. The number of thiazole rings is 1. The van der Waals surface area contributed by atoms with Gasteiger partial charge in [-0.25, -0.2) is 4.98 Å². The maximum Gasteiger partial charge on any atom is 0.225 e. The first-order valence-electron chi connectivity index (χ1n) is 7.89. The van der Waals surface area contributed by atoms with Gasteiger partial charge in [0.1, 0.15) is 5.01 Å². The van der Waals surface area contributed by atoms with Gasteiger partial charge in [-0.15, -0.1) is 11.3 Å². The molecule has 3 rings (SSSR count). The van der Waals surface area contributed by atoms with Gasteiger partial charge in [0.2, 0.25) is 5.91 Å². The topological polar surface area (TPSA) is 49.3 Å². The molecule has 0 unspecified atom stereocenters. The molecule has 1 aliphatic heterocycles. The first kappa shape index (κ1) is 15.9. The number of piperidine rings is 1. The van der Waals surface area contributed by atoms with Crippen LogP contribution in [0.5, 0.6) is 0 Å². The van der Waals surface area contributed by atoms with Crippen molar-refractivity contribution in [3.8, 4) is 10.6 Å². The predicted molar refractivity (Wildman–Crippen MR) is 93.7 cm³/mol. The Morgan fingerprint density at radius 1 is 1.30 bits per heavy atom. The summed E-state index contributed by atoms with van der Waals surface area (Å²) in [6.45, 7) is 3.83. The van der Waals surface area contributed by atoms with Crippen molar-refractivity contribution in [3.05, 3.63) is 29.5 Å². The van der Waals surface area contributed by atoms with Crippen LogP contribution in [0.15, 0.2) is 24.7 Å². The Morgan fingerprint density at radius 2 is 2.04 bits per heavy atom. The zero-order chi connectivity index (χ0) is 16.4. The molecular formula is C17H22N4OS. The number of anilines is 1. The van der Waals surface area contributed by atoms with Crippen LogP contribution in [-0.4, -0.2) is 48.0 Å². The van der Waals surface area contributed by atoms with Crippen molar-refractivity contribution >= 4 is 22.9 Å². The van der Waals surface area contributed by atoms with E-state index in [1.54, 1.807) is 16.2 Å². The molecule has 0 saturated carbocycles. The van der Waals surface area contributed by atoms with Crippen molar-refractivity contribution in [1.82, 2.24) is 14.9 Å². The smallest absolute Gasteiger partial charge is 0.225 e. The van der Waals surface area contributed by atoms with Gasteiger partial charge in [-0.05, 0) is 25.8 Å². The van der Waals surface area contributed by atoms with Crippen LogP contribution < -0.4 is 4.90 Å². The zero-order valence-electron chi connectivity index (χ0n) is 13.8. The normalized spacial score (nSPS) is 15.7. The molecule has 0 aromatic carbocycles. The zero-order valence-corrected chi connectivity index (χ0v) is 14.6. The van der Waals surface area contributed by atoms with E-state index >= 15 is 0 Å². The molecule has 1 saturated heterocycles. The van der Waals surface area contributed by atoms with Gasteiger partial charge in [0.15, 0.2) is 0 Å². The number of hydrogen-bond acceptors (Lipinski definition) is 5. The Kier molecular flexibility index (Phi) is 4.61. The third-order valence-electron chi connectivity index (χ3n) is 4.28.